The molecule has 2 unspecified atom stereocenters. The van der Waals surface area contributed by atoms with E-state index in [2.05, 4.69) is 5.32 Å². The van der Waals surface area contributed by atoms with Gasteiger partial charge in [-0.2, -0.15) is 0 Å². The number of carboxylic acids is 1. The minimum absolute atomic E-state index is 0.319. The fourth-order valence-corrected chi connectivity index (χ4v) is 2.61. The van der Waals surface area contributed by atoms with Gasteiger partial charge < -0.3 is 10.4 Å². The normalized spacial score (nSPS) is 14.1. The second-order valence-electron chi connectivity index (χ2n) is 4.90. The van der Waals surface area contributed by atoms with Crippen molar-refractivity contribution in [3.8, 4) is 0 Å². The number of carbonyl (C=O) groups is 2. The molecule has 0 saturated carbocycles. The van der Waals surface area contributed by atoms with Crippen LogP contribution in [0.2, 0.25) is 0 Å². The van der Waals surface area contributed by atoms with Crippen molar-refractivity contribution in [2.75, 3.05) is 12.5 Å². The van der Waals surface area contributed by atoms with Crippen LogP contribution < -0.4 is 5.32 Å². The lowest BCUT2D eigenvalue weighted by molar-refractivity contribution is -0.137. The van der Waals surface area contributed by atoms with Gasteiger partial charge in [-0.1, -0.05) is 12.1 Å². The SMILES string of the molecule is CSc1ccc(C(CC(=O)O)NC(=O)C(C)S(C)(=O)=O)cc1. The molecular formula is C14H19NO5S2. The standard InChI is InChI=1S/C14H19NO5S2/c1-9(22(3,19)20)14(18)15-12(8-13(16)17)10-4-6-11(21-2)7-5-10/h4-7,9,12H,8H2,1-3H3,(H,15,18)(H,16,17). The fourth-order valence-electron chi connectivity index (χ4n) is 1.75. The molecule has 2 N–H and O–H groups in total. The van der Waals surface area contributed by atoms with Crippen LogP contribution in [0.1, 0.15) is 24.9 Å². The second kappa shape index (κ2) is 7.64. The fraction of sp³-hybridized carbons (Fsp3) is 0.429. The maximum Gasteiger partial charge on any atom is 0.305 e. The Balaban J connectivity index is 2.97. The summed E-state index contributed by atoms with van der Waals surface area (Å²) in [4.78, 5) is 24.0. The van der Waals surface area contributed by atoms with Gasteiger partial charge in [-0.3, -0.25) is 9.59 Å². The monoisotopic (exact) mass is 345 g/mol. The van der Waals surface area contributed by atoms with Crippen molar-refractivity contribution in [1.82, 2.24) is 5.32 Å². The predicted molar refractivity (Wildman–Crippen MR) is 85.7 cm³/mol. The number of nitrogens with one attached hydrogen (secondary N) is 1. The summed E-state index contributed by atoms with van der Waals surface area (Å²) in [5.41, 5.74) is 0.620. The van der Waals surface area contributed by atoms with Crippen LogP contribution in [-0.4, -0.2) is 43.2 Å². The third-order valence-corrected chi connectivity index (χ3v) is 5.47. The number of thioether (sulfide) groups is 1. The first-order chi connectivity index (χ1) is 10.1. The number of carboxylic acid groups (broad SMARTS) is 1. The third-order valence-electron chi connectivity index (χ3n) is 3.22. The summed E-state index contributed by atoms with van der Waals surface area (Å²) >= 11 is 1.54. The van der Waals surface area contributed by atoms with E-state index in [9.17, 15) is 18.0 Å². The maximum absolute atomic E-state index is 12.0. The highest BCUT2D eigenvalue weighted by Crippen LogP contribution is 2.21. The van der Waals surface area contributed by atoms with Crippen molar-refractivity contribution in [2.45, 2.75) is 29.5 Å². The number of hydrogen-bond acceptors (Lipinski definition) is 5. The Morgan fingerprint density at radius 1 is 1.27 bits per heavy atom. The smallest absolute Gasteiger partial charge is 0.305 e. The molecule has 1 rings (SSSR count). The minimum Gasteiger partial charge on any atom is -0.481 e. The van der Waals surface area contributed by atoms with E-state index in [1.807, 2.05) is 18.4 Å². The summed E-state index contributed by atoms with van der Waals surface area (Å²) in [6, 6.07) is 6.32. The Morgan fingerprint density at radius 2 is 1.82 bits per heavy atom. The number of aliphatic carboxylic acids is 1. The van der Waals surface area contributed by atoms with Crippen molar-refractivity contribution in [3.05, 3.63) is 29.8 Å². The highest BCUT2D eigenvalue weighted by Gasteiger charge is 2.27. The molecule has 122 valence electrons. The van der Waals surface area contributed by atoms with Crippen LogP contribution in [0.15, 0.2) is 29.2 Å². The van der Waals surface area contributed by atoms with Crippen molar-refractivity contribution in [2.24, 2.45) is 0 Å². The van der Waals surface area contributed by atoms with E-state index in [1.165, 1.54) is 6.92 Å². The molecule has 0 aromatic heterocycles. The third kappa shape index (κ3) is 5.34. The molecule has 0 heterocycles. The summed E-state index contributed by atoms with van der Waals surface area (Å²) < 4.78 is 22.8. The van der Waals surface area contributed by atoms with Gasteiger partial charge >= 0.3 is 5.97 Å². The lowest BCUT2D eigenvalue weighted by Crippen LogP contribution is -2.40. The molecular weight excluding hydrogens is 326 g/mol. The Labute approximate surface area is 134 Å². The first-order valence-electron chi connectivity index (χ1n) is 6.50. The van der Waals surface area contributed by atoms with Gasteiger partial charge in [-0.15, -0.1) is 11.8 Å². The van der Waals surface area contributed by atoms with E-state index in [0.29, 0.717) is 5.56 Å². The number of benzene rings is 1. The average molecular weight is 345 g/mol. The molecule has 22 heavy (non-hydrogen) atoms. The Morgan fingerprint density at radius 3 is 2.23 bits per heavy atom. The summed E-state index contributed by atoms with van der Waals surface area (Å²) in [6.45, 7) is 1.28. The Kier molecular flexibility index (Phi) is 6.43. The summed E-state index contributed by atoms with van der Waals surface area (Å²) in [5, 5.41) is 10.3. The molecule has 0 spiro atoms. The molecule has 1 aromatic carbocycles. The number of carbonyl (C=O) groups excluding carboxylic acids is 1. The van der Waals surface area contributed by atoms with Gasteiger partial charge in [0.2, 0.25) is 5.91 Å². The molecule has 8 heteroatoms. The van der Waals surface area contributed by atoms with Crippen molar-refractivity contribution >= 4 is 33.5 Å². The topological polar surface area (TPSA) is 101 Å². The molecule has 0 aliphatic carbocycles. The minimum atomic E-state index is -3.53. The van der Waals surface area contributed by atoms with E-state index in [-0.39, 0.29) is 6.42 Å². The van der Waals surface area contributed by atoms with Gasteiger partial charge in [0.15, 0.2) is 9.84 Å². The van der Waals surface area contributed by atoms with Crippen molar-refractivity contribution < 1.29 is 23.1 Å². The molecule has 0 aliphatic rings. The van der Waals surface area contributed by atoms with E-state index >= 15 is 0 Å². The quantitative estimate of drug-likeness (QED) is 0.726. The molecule has 2 atom stereocenters. The van der Waals surface area contributed by atoms with Crippen molar-refractivity contribution in [3.63, 3.8) is 0 Å². The number of sulfone groups is 1. The van der Waals surface area contributed by atoms with E-state index < -0.39 is 33.0 Å². The zero-order valence-corrected chi connectivity index (χ0v) is 14.2. The van der Waals surface area contributed by atoms with E-state index in [0.717, 1.165) is 11.2 Å². The van der Waals surface area contributed by atoms with E-state index in [4.69, 9.17) is 5.11 Å². The summed E-state index contributed by atoms with van der Waals surface area (Å²) in [5.74, 6) is -1.78. The summed E-state index contributed by atoms with van der Waals surface area (Å²) in [6.07, 6.45) is 2.57. The van der Waals surface area contributed by atoms with Gasteiger partial charge in [0.1, 0.15) is 5.25 Å². The Bertz CT molecular complexity index is 640. The van der Waals surface area contributed by atoms with Crippen LogP contribution in [-0.2, 0) is 19.4 Å². The molecule has 1 amide bonds. The largest absolute Gasteiger partial charge is 0.481 e. The van der Waals surface area contributed by atoms with Crippen molar-refractivity contribution in [1.29, 1.82) is 0 Å². The van der Waals surface area contributed by atoms with Crippen LogP contribution >= 0.6 is 11.8 Å². The van der Waals surface area contributed by atoms with Gasteiger partial charge in [-0.25, -0.2) is 8.42 Å². The number of rotatable bonds is 7. The molecule has 1 aromatic rings. The zero-order valence-electron chi connectivity index (χ0n) is 12.6. The predicted octanol–water partition coefficient (Wildman–Crippen LogP) is 1.47. The van der Waals surface area contributed by atoms with Crippen LogP contribution in [0.5, 0.6) is 0 Å². The van der Waals surface area contributed by atoms with Crippen LogP contribution in [0.3, 0.4) is 0 Å². The highest BCUT2D eigenvalue weighted by atomic mass is 32.2. The van der Waals surface area contributed by atoms with Crippen LogP contribution in [0.25, 0.3) is 0 Å². The highest BCUT2D eigenvalue weighted by molar-refractivity contribution is 7.98. The molecule has 0 radical (unpaired) electrons. The number of hydrogen-bond donors (Lipinski definition) is 2. The molecule has 0 fully saturated rings. The van der Waals surface area contributed by atoms with Gasteiger partial charge in [0, 0.05) is 11.2 Å². The zero-order chi connectivity index (χ0) is 16.9. The molecule has 0 aliphatic heterocycles. The lowest BCUT2D eigenvalue weighted by atomic mass is 10.0. The average Bonchev–Trinajstić information content (AvgIpc) is 2.44. The van der Waals surface area contributed by atoms with Gasteiger partial charge in [-0.05, 0) is 30.9 Å². The van der Waals surface area contributed by atoms with Gasteiger partial charge in [0.05, 0.1) is 12.5 Å². The number of amides is 1. The van der Waals surface area contributed by atoms with E-state index in [1.54, 1.807) is 23.9 Å². The van der Waals surface area contributed by atoms with Crippen LogP contribution in [0, 0.1) is 0 Å². The summed E-state index contributed by atoms with van der Waals surface area (Å²) in [7, 11) is -3.53. The second-order valence-corrected chi connectivity index (χ2v) is 8.15. The maximum atomic E-state index is 12.0. The molecule has 0 bridgehead atoms. The molecule has 6 nitrogen and oxygen atoms in total. The van der Waals surface area contributed by atoms with Crippen LogP contribution in [0.4, 0.5) is 0 Å². The lowest BCUT2D eigenvalue weighted by Gasteiger charge is -2.20. The first kappa shape index (κ1) is 18.5. The molecule has 0 saturated heterocycles. The first-order valence-corrected chi connectivity index (χ1v) is 9.68. The van der Waals surface area contributed by atoms with Gasteiger partial charge in [0.25, 0.3) is 0 Å². The Hall–Kier alpha value is -1.54.